The Kier molecular flexibility index (Phi) is 5.25. The number of hydrogen-bond acceptors (Lipinski definition) is 5. The van der Waals surface area contributed by atoms with E-state index in [2.05, 4.69) is 11.2 Å². The van der Waals surface area contributed by atoms with Crippen LogP contribution in [-0.4, -0.2) is 40.0 Å². The Balaban J connectivity index is 1.43. The van der Waals surface area contributed by atoms with E-state index in [1.54, 1.807) is 0 Å². The van der Waals surface area contributed by atoms with Gasteiger partial charge in [0.05, 0.1) is 12.3 Å². The number of nitrogens with zero attached hydrogens (tertiary/aromatic N) is 3. The van der Waals surface area contributed by atoms with Gasteiger partial charge in [-0.1, -0.05) is 6.07 Å². The van der Waals surface area contributed by atoms with Gasteiger partial charge in [-0.3, -0.25) is 4.79 Å². The van der Waals surface area contributed by atoms with Crippen molar-refractivity contribution in [2.24, 2.45) is 0 Å². The highest BCUT2D eigenvalue weighted by atomic mass is 16.5. The van der Waals surface area contributed by atoms with Crippen molar-refractivity contribution in [3.8, 4) is 5.75 Å². The average molecular weight is 405 g/mol. The van der Waals surface area contributed by atoms with Crippen LogP contribution in [0.15, 0.2) is 36.7 Å². The average Bonchev–Trinajstić information content (AvgIpc) is 3.55. The molecule has 3 aromatic rings. The van der Waals surface area contributed by atoms with Gasteiger partial charge < -0.3 is 13.9 Å². The third-order valence-corrected chi connectivity index (χ3v) is 5.99. The van der Waals surface area contributed by atoms with Gasteiger partial charge in [-0.2, -0.15) is 0 Å². The van der Waals surface area contributed by atoms with Crippen LogP contribution in [0.3, 0.4) is 0 Å². The fraction of sp³-hybridized carbons (Fsp3) is 0.458. The molecule has 30 heavy (non-hydrogen) atoms. The fourth-order valence-electron chi connectivity index (χ4n) is 4.17. The van der Waals surface area contributed by atoms with Gasteiger partial charge in [-0.25, -0.2) is 9.97 Å². The Morgan fingerprint density at radius 3 is 2.67 bits per heavy atom. The molecule has 3 aromatic heterocycles. The molecule has 0 amide bonds. The summed E-state index contributed by atoms with van der Waals surface area (Å²) in [5.41, 5.74) is 4.38. The first-order chi connectivity index (χ1) is 14.7. The summed E-state index contributed by atoms with van der Waals surface area (Å²) < 4.78 is 13.4. The summed E-state index contributed by atoms with van der Waals surface area (Å²) in [6.45, 7) is 4.07. The Labute approximate surface area is 176 Å². The lowest BCUT2D eigenvalue weighted by molar-refractivity contribution is 0.0846. The van der Waals surface area contributed by atoms with Gasteiger partial charge in [0.1, 0.15) is 17.1 Å². The molecule has 6 heteroatoms. The molecule has 0 atom stereocenters. The summed E-state index contributed by atoms with van der Waals surface area (Å²) in [6.07, 6.45) is 8.67. The van der Waals surface area contributed by atoms with Crippen LogP contribution in [0.1, 0.15) is 71.9 Å². The summed E-state index contributed by atoms with van der Waals surface area (Å²) in [7, 11) is 0. The maximum Gasteiger partial charge on any atom is 0.185 e. The number of rotatable bonds is 7. The van der Waals surface area contributed by atoms with Crippen molar-refractivity contribution in [1.29, 1.82) is 0 Å². The third-order valence-electron chi connectivity index (χ3n) is 5.99. The molecule has 1 aliphatic carbocycles. The van der Waals surface area contributed by atoms with E-state index in [0.29, 0.717) is 24.1 Å². The van der Waals surface area contributed by atoms with Gasteiger partial charge in [0.2, 0.25) is 0 Å². The van der Waals surface area contributed by atoms with Crippen molar-refractivity contribution in [3.63, 3.8) is 0 Å². The first-order valence-corrected chi connectivity index (χ1v) is 10.9. The zero-order chi connectivity index (χ0) is 20.5. The van der Waals surface area contributed by atoms with Crippen molar-refractivity contribution in [3.05, 3.63) is 59.3 Å². The van der Waals surface area contributed by atoms with Gasteiger partial charge in [0.25, 0.3) is 0 Å². The molecule has 4 heterocycles. The van der Waals surface area contributed by atoms with E-state index < -0.39 is 0 Å². The second-order valence-electron chi connectivity index (χ2n) is 8.24. The van der Waals surface area contributed by atoms with E-state index in [1.165, 1.54) is 12.8 Å². The molecular formula is C24H27N3O3. The van der Waals surface area contributed by atoms with Crippen molar-refractivity contribution in [1.82, 2.24) is 14.4 Å². The number of Topliss-reactive ketones (excluding diaryl/α,β-unsaturated/α-hetero) is 1. The predicted octanol–water partition coefficient (Wildman–Crippen LogP) is 4.32. The lowest BCUT2D eigenvalue weighted by Crippen LogP contribution is -2.14. The van der Waals surface area contributed by atoms with Crippen LogP contribution in [0.5, 0.6) is 5.75 Å². The Morgan fingerprint density at radius 1 is 1.10 bits per heavy atom. The largest absolute Gasteiger partial charge is 0.493 e. The molecule has 156 valence electrons. The minimum absolute atomic E-state index is 0.0163. The van der Waals surface area contributed by atoms with Crippen LogP contribution in [-0.2, 0) is 11.2 Å². The van der Waals surface area contributed by atoms with Gasteiger partial charge in [0, 0.05) is 61.2 Å². The van der Waals surface area contributed by atoms with Crippen LogP contribution in [0.25, 0.3) is 5.65 Å². The SMILES string of the molecule is CCOc1cc2nc(C3CCOCC3)cn2cc1CC(=O)c1cccc(C2CC2)n1. The molecule has 0 N–H and O–H groups in total. The van der Waals surface area contributed by atoms with Crippen molar-refractivity contribution in [2.45, 2.75) is 50.9 Å². The number of carbonyl (C=O) groups is 1. The number of imidazole rings is 1. The number of hydrogen-bond donors (Lipinski definition) is 0. The fourth-order valence-corrected chi connectivity index (χ4v) is 4.17. The van der Waals surface area contributed by atoms with Gasteiger partial charge in [0.15, 0.2) is 5.78 Å². The molecule has 5 rings (SSSR count). The Morgan fingerprint density at radius 2 is 1.90 bits per heavy atom. The maximum absolute atomic E-state index is 13.0. The number of ketones is 1. The van der Waals surface area contributed by atoms with E-state index in [4.69, 9.17) is 14.5 Å². The van der Waals surface area contributed by atoms with Crippen LogP contribution in [0, 0.1) is 0 Å². The maximum atomic E-state index is 13.0. The number of carbonyl (C=O) groups excluding carboxylic acids is 1. The van der Waals surface area contributed by atoms with E-state index in [-0.39, 0.29) is 12.2 Å². The van der Waals surface area contributed by atoms with Crippen LogP contribution >= 0.6 is 0 Å². The predicted molar refractivity (Wildman–Crippen MR) is 113 cm³/mol. The smallest absolute Gasteiger partial charge is 0.185 e. The second kappa shape index (κ2) is 8.19. The topological polar surface area (TPSA) is 65.7 Å². The molecular weight excluding hydrogens is 378 g/mol. The van der Waals surface area contributed by atoms with Gasteiger partial charge in [-0.15, -0.1) is 0 Å². The molecule has 1 aliphatic heterocycles. The van der Waals surface area contributed by atoms with Gasteiger partial charge in [-0.05, 0) is 44.7 Å². The summed E-state index contributed by atoms with van der Waals surface area (Å²) in [4.78, 5) is 22.4. The zero-order valence-corrected chi connectivity index (χ0v) is 17.3. The standard InChI is InChI=1S/C24H27N3O3/c1-2-30-23-13-24-26-21(17-8-10-29-11-9-17)15-27(24)14-18(23)12-22(28)20-5-3-4-19(25-20)16-6-7-16/h3-5,13-17H,2,6-12H2,1H3. The van der Waals surface area contributed by atoms with E-state index in [9.17, 15) is 4.79 Å². The third kappa shape index (κ3) is 3.97. The summed E-state index contributed by atoms with van der Waals surface area (Å²) >= 11 is 0. The first-order valence-electron chi connectivity index (χ1n) is 10.9. The van der Waals surface area contributed by atoms with Crippen molar-refractivity contribution >= 4 is 11.4 Å². The summed E-state index contributed by atoms with van der Waals surface area (Å²) in [5, 5.41) is 0. The highest BCUT2D eigenvalue weighted by Gasteiger charge is 2.26. The number of aromatic nitrogens is 3. The minimum Gasteiger partial charge on any atom is -0.493 e. The molecule has 1 saturated carbocycles. The van der Waals surface area contributed by atoms with E-state index in [0.717, 1.165) is 54.4 Å². The van der Waals surface area contributed by atoms with Crippen molar-refractivity contribution < 1.29 is 14.3 Å². The van der Waals surface area contributed by atoms with Crippen LogP contribution in [0.4, 0.5) is 0 Å². The molecule has 0 bridgehead atoms. The van der Waals surface area contributed by atoms with Gasteiger partial charge >= 0.3 is 0 Å². The summed E-state index contributed by atoms with van der Waals surface area (Å²) in [6, 6.07) is 7.72. The Hall–Kier alpha value is -2.73. The molecule has 6 nitrogen and oxygen atoms in total. The quantitative estimate of drug-likeness (QED) is 0.548. The number of pyridine rings is 2. The van der Waals surface area contributed by atoms with E-state index >= 15 is 0 Å². The highest BCUT2D eigenvalue weighted by Crippen LogP contribution is 2.39. The van der Waals surface area contributed by atoms with Crippen molar-refractivity contribution in [2.75, 3.05) is 19.8 Å². The molecule has 1 saturated heterocycles. The number of ether oxygens (including phenoxy) is 2. The zero-order valence-electron chi connectivity index (χ0n) is 17.3. The minimum atomic E-state index is 0.0163. The normalized spacial score (nSPS) is 17.4. The first kappa shape index (κ1) is 19.2. The molecule has 0 spiro atoms. The molecule has 0 aromatic carbocycles. The molecule has 0 radical (unpaired) electrons. The molecule has 0 unspecified atom stereocenters. The van der Waals surface area contributed by atoms with Crippen LogP contribution in [0.2, 0.25) is 0 Å². The molecule has 2 fully saturated rings. The van der Waals surface area contributed by atoms with E-state index in [1.807, 2.05) is 41.8 Å². The Bertz CT molecular complexity index is 1060. The highest BCUT2D eigenvalue weighted by molar-refractivity contribution is 5.96. The lowest BCUT2D eigenvalue weighted by Gasteiger charge is -2.19. The number of fused-ring (bicyclic) bond motifs is 1. The van der Waals surface area contributed by atoms with Crippen LogP contribution < -0.4 is 4.74 Å². The monoisotopic (exact) mass is 405 g/mol. The molecule has 2 aliphatic rings. The summed E-state index contributed by atoms with van der Waals surface area (Å²) in [5.74, 6) is 1.69. The second-order valence-corrected chi connectivity index (χ2v) is 8.24. The lowest BCUT2D eigenvalue weighted by atomic mass is 9.97.